The number of benzene rings is 1. The van der Waals surface area contributed by atoms with Gasteiger partial charge in [0, 0.05) is 11.3 Å². The van der Waals surface area contributed by atoms with E-state index in [2.05, 4.69) is 11.2 Å². The Hall–Kier alpha value is -1.95. The van der Waals surface area contributed by atoms with E-state index in [1.54, 1.807) is 6.07 Å². The molecular formula is C15H20N2O. The Bertz CT molecular complexity index is 498. The summed E-state index contributed by atoms with van der Waals surface area (Å²) in [5, 5.41) is 2.84. The topological polar surface area (TPSA) is 55.1 Å². The number of carbonyl (C=O) groups excluding carboxylic acids is 1. The number of hydrogen-bond acceptors (Lipinski definition) is 2. The molecule has 0 saturated carbocycles. The first-order valence-electron chi connectivity index (χ1n) is 6.00. The molecule has 0 aliphatic heterocycles. The van der Waals surface area contributed by atoms with Gasteiger partial charge in [0.05, 0.1) is 6.04 Å². The number of amides is 1. The highest BCUT2D eigenvalue weighted by Gasteiger charge is 2.16. The lowest BCUT2D eigenvalue weighted by Gasteiger charge is -2.18. The Labute approximate surface area is 109 Å². The quantitative estimate of drug-likeness (QED) is 0.633. The van der Waals surface area contributed by atoms with Crippen molar-refractivity contribution >= 4 is 11.6 Å². The third kappa shape index (κ3) is 3.04. The monoisotopic (exact) mass is 244 g/mol. The fourth-order valence-corrected chi connectivity index (χ4v) is 1.73. The van der Waals surface area contributed by atoms with Crippen LogP contribution >= 0.6 is 0 Å². The van der Waals surface area contributed by atoms with E-state index < -0.39 is 0 Å². The van der Waals surface area contributed by atoms with Crippen molar-refractivity contribution < 1.29 is 4.79 Å². The lowest BCUT2D eigenvalue weighted by atomic mass is 10.0. The van der Waals surface area contributed by atoms with Crippen molar-refractivity contribution in [2.75, 3.05) is 5.73 Å². The zero-order valence-corrected chi connectivity index (χ0v) is 11.4. The molecule has 0 heterocycles. The van der Waals surface area contributed by atoms with Gasteiger partial charge in [0.1, 0.15) is 0 Å². The van der Waals surface area contributed by atoms with Crippen LogP contribution in [0.2, 0.25) is 0 Å². The number of nitrogens with two attached hydrogens (primary N) is 1. The lowest BCUT2D eigenvalue weighted by molar-refractivity contribution is 0.0937. The number of aryl methyl sites for hydroxylation is 2. The van der Waals surface area contributed by atoms with Crippen LogP contribution in [0, 0.1) is 32.1 Å². The predicted octanol–water partition coefficient (Wildman–Crippen LogP) is 2.27. The summed E-state index contributed by atoms with van der Waals surface area (Å²) in [5.41, 5.74) is 8.91. The summed E-state index contributed by atoms with van der Waals surface area (Å²) in [5.74, 6) is 2.61. The minimum absolute atomic E-state index is 0.171. The van der Waals surface area contributed by atoms with E-state index in [4.69, 9.17) is 12.2 Å². The number of hydrogen-bond donors (Lipinski definition) is 2. The summed E-state index contributed by atoms with van der Waals surface area (Å²) in [4.78, 5) is 12.1. The van der Waals surface area contributed by atoms with E-state index in [1.165, 1.54) is 0 Å². The maximum absolute atomic E-state index is 12.1. The molecule has 0 radical (unpaired) electrons. The third-order valence-electron chi connectivity index (χ3n) is 2.99. The van der Waals surface area contributed by atoms with Crippen molar-refractivity contribution in [3.63, 3.8) is 0 Å². The van der Waals surface area contributed by atoms with Crippen LogP contribution < -0.4 is 11.1 Å². The maximum Gasteiger partial charge on any atom is 0.252 e. The van der Waals surface area contributed by atoms with E-state index in [0.717, 1.165) is 11.1 Å². The standard InChI is InChI=1S/C15H20N2O/c1-6-14(9(2)3)17-15(18)12-8-13(16)11(5)7-10(12)4/h1,7-9,14H,16H2,2-5H3,(H,17,18). The van der Waals surface area contributed by atoms with Gasteiger partial charge in [-0.2, -0.15) is 0 Å². The van der Waals surface area contributed by atoms with E-state index >= 15 is 0 Å². The fraction of sp³-hybridized carbons (Fsp3) is 0.400. The van der Waals surface area contributed by atoms with Crippen LogP contribution in [0.1, 0.15) is 35.3 Å². The van der Waals surface area contributed by atoms with E-state index in [9.17, 15) is 4.79 Å². The van der Waals surface area contributed by atoms with Crippen LogP contribution in [0.4, 0.5) is 5.69 Å². The average Bonchev–Trinajstić information content (AvgIpc) is 2.29. The predicted molar refractivity (Wildman–Crippen MR) is 75.3 cm³/mol. The average molecular weight is 244 g/mol. The number of anilines is 1. The number of nitrogen functional groups attached to an aromatic ring is 1. The van der Waals surface area contributed by atoms with Gasteiger partial charge in [0.15, 0.2) is 0 Å². The smallest absolute Gasteiger partial charge is 0.252 e. The van der Waals surface area contributed by atoms with Gasteiger partial charge in [0.2, 0.25) is 0 Å². The maximum atomic E-state index is 12.1. The van der Waals surface area contributed by atoms with Gasteiger partial charge >= 0.3 is 0 Å². The molecule has 1 aromatic carbocycles. The molecule has 0 spiro atoms. The van der Waals surface area contributed by atoms with Crippen LogP contribution in [0.5, 0.6) is 0 Å². The molecule has 18 heavy (non-hydrogen) atoms. The number of carbonyl (C=O) groups is 1. The molecule has 0 bridgehead atoms. The molecule has 3 nitrogen and oxygen atoms in total. The van der Waals surface area contributed by atoms with E-state index in [0.29, 0.717) is 11.3 Å². The Kier molecular flexibility index (Phi) is 4.38. The van der Waals surface area contributed by atoms with Crippen molar-refractivity contribution in [3.05, 3.63) is 28.8 Å². The van der Waals surface area contributed by atoms with Gasteiger partial charge in [0.25, 0.3) is 5.91 Å². The first kappa shape index (κ1) is 14.1. The van der Waals surface area contributed by atoms with Crippen LogP contribution in [-0.2, 0) is 0 Å². The number of terminal acetylenes is 1. The number of rotatable bonds is 3. The van der Waals surface area contributed by atoms with Gasteiger partial charge in [-0.1, -0.05) is 25.8 Å². The Morgan fingerprint density at radius 2 is 1.94 bits per heavy atom. The highest BCUT2D eigenvalue weighted by atomic mass is 16.1. The van der Waals surface area contributed by atoms with Crippen molar-refractivity contribution in [3.8, 4) is 12.3 Å². The molecular weight excluding hydrogens is 224 g/mol. The van der Waals surface area contributed by atoms with Gasteiger partial charge < -0.3 is 11.1 Å². The molecule has 3 heteroatoms. The minimum atomic E-state index is -0.264. The van der Waals surface area contributed by atoms with Crippen molar-refractivity contribution in [1.29, 1.82) is 0 Å². The van der Waals surface area contributed by atoms with Gasteiger partial charge in [-0.15, -0.1) is 6.42 Å². The molecule has 1 unspecified atom stereocenters. The molecule has 1 aromatic rings. The first-order chi connectivity index (χ1) is 8.36. The zero-order chi connectivity index (χ0) is 13.9. The summed E-state index contributed by atoms with van der Waals surface area (Å²) in [6.45, 7) is 7.76. The summed E-state index contributed by atoms with van der Waals surface area (Å²) in [6, 6.07) is 3.35. The lowest BCUT2D eigenvalue weighted by Crippen LogP contribution is -2.37. The number of nitrogens with one attached hydrogen (secondary N) is 1. The molecule has 0 aromatic heterocycles. The van der Waals surface area contributed by atoms with Crippen molar-refractivity contribution in [2.24, 2.45) is 5.92 Å². The highest BCUT2D eigenvalue weighted by Crippen LogP contribution is 2.18. The molecule has 0 fully saturated rings. The zero-order valence-electron chi connectivity index (χ0n) is 11.4. The van der Waals surface area contributed by atoms with Crippen molar-refractivity contribution in [1.82, 2.24) is 5.32 Å². The molecule has 3 N–H and O–H groups in total. The largest absolute Gasteiger partial charge is 0.398 e. The summed E-state index contributed by atoms with van der Waals surface area (Å²) >= 11 is 0. The van der Waals surface area contributed by atoms with Crippen LogP contribution in [0.3, 0.4) is 0 Å². The molecule has 1 rings (SSSR count). The minimum Gasteiger partial charge on any atom is -0.398 e. The van der Waals surface area contributed by atoms with Crippen LogP contribution in [0.25, 0.3) is 0 Å². The Morgan fingerprint density at radius 3 is 2.44 bits per heavy atom. The van der Waals surface area contributed by atoms with Gasteiger partial charge in [-0.25, -0.2) is 0 Å². The molecule has 0 aliphatic rings. The SMILES string of the molecule is C#CC(NC(=O)c1cc(N)c(C)cc1C)C(C)C. The van der Waals surface area contributed by atoms with E-state index in [-0.39, 0.29) is 17.9 Å². The first-order valence-corrected chi connectivity index (χ1v) is 6.00. The second-order valence-corrected chi connectivity index (χ2v) is 4.89. The third-order valence-corrected chi connectivity index (χ3v) is 2.99. The highest BCUT2D eigenvalue weighted by molar-refractivity contribution is 5.97. The fourth-order valence-electron chi connectivity index (χ4n) is 1.73. The summed E-state index contributed by atoms with van der Waals surface area (Å²) in [6.07, 6.45) is 5.40. The van der Waals surface area contributed by atoms with Gasteiger partial charge in [-0.05, 0) is 37.0 Å². The van der Waals surface area contributed by atoms with Crippen LogP contribution in [-0.4, -0.2) is 11.9 Å². The Morgan fingerprint density at radius 1 is 1.33 bits per heavy atom. The van der Waals surface area contributed by atoms with Gasteiger partial charge in [-0.3, -0.25) is 4.79 Å². The van der Waals surface area contributed by atoms with E-state index in [1.807, 2.05) is 33.8 Å². The summed E-state index contributed by atoms with van der Waals surface area (Å²) in [7, 11) is 0. The molecule has 1 amide bonds. The molecule has 0 aliphatic carbocycles. The van der Waals surface area contributed by atoms with Crippen molar-refractivity contribution in [2.45, 2.75) is 33.7 Å². The molecule has 0 saturated heterocycles. The summed E-state index contributed by atoms with van der Waals surface area (Å²) < 4.78 is 0. The second kappa shape index (κ2) is 5.59. The molecule has 1 atom stereocenters. The van der Waals surface area contributed by atoms with Crippen LogP contribution in [0.15, 0.2) is 12.1 Å². The normalized spacial score (nSPS) is 12.0. The second-order valence-electron chi connectivity index (χ2n) is 4.89. The Balaban J connectivity index is 2.99. The molecule has 96 valence electrons.